The molecule has 0 unspecified atom stereocenters. The van der Waals surface area contributed by atoms with E-state index in [1.54, 1.807) is 11.6 Å². The summed E-state index contributed by atoms with van der Waals surface area (Å²) in [5.41, 5.74) is 1.13. The van der Waals surface area contributed by atoms with Crippen molar-refractivity contribution in [2.45, 2.75) is 5.16 Å². The van der Waals surface area contributed by atoms with E-state index in [0.717, 1.165) is 11.8 Å². The van der Waals surface area contributed by atoms with Crippen LogP contribution in [0.3, 0.4) is 0 Å². The molecule has 1 heterocycles. The molecule has 0 aliphatic heterocycles. The lowest BCUT2D eigenvalue weighted by atomic mass is 10.3. The zero-order valence-corrected chi connectivity index (χ0v) is 10.3. The van der Waals surface area contributed by atoms with E-state index in [2.05, 4.69) is 4.98 Å². The fraction of sp³-hybridized carbons (Fsp3) is 0.200. The normalized spacial score (nSPS) is 11.0. The zero-order chi connectivity index (χ0) is 12.6. The number of carbonyl (C=O) groups is 1. The van der Waals surface area contributed by atoms with E-state index < -0.39 is 11.8 Å². The van der Waals surface area contributed by atoms with E-state index >= 15 is 0 Å². The van der Waals surface area contributed by atoms with Crippen molar-refractivity contribution in [2.75, 3.05) is 5.75 Å². The van der Waals surface area contributed by atoms with Gasteiger partial charge in [0.1, 0.15) is 5.82 Å². The third kappa shape index (κ3) is 2.37. The van der Waals surface area contributed by atoms with Gasteiger partial charge in [-0.2, -0.15) is 0 Å². The van der Waals surface area contributed by atoms with Crippen molar-refractivity contribution in [1.29, 1.82) is 0 Å². The fourth-order valence-corrected chi connectivity index (χ4v) is 2.29. The number of aryl methyl sites for hydroxylation is 1. The lowest BCUT2D eigenvalue weighted by Crippen LogP contribution is -2.00. The maximum absolute atomic E-state index is 13.2. The summed E-state index contributed by atoms with van der Waals surface area (Å²) in [6, 6.07) is 2.71. The number of hydrogen-bond acceptors (Lipinski definition) is 3. The Morgan fingerprint density at radius 1 is 1.65 bits per heavy atom. The number of aliphatic carboxylic acids is 1. The first-order chi connectivity index (χ1) is 7.99. The van der Waals surface area contributed by atoms with Crippen LogP contribution < -0.4 is 0 Å². The van der Waals surface area contributed by atoms with Gasteiger partial charge in [0.05, 0.1) is 21.8 Å². The van der Waals surface area contributed by atoms with Gasteiger partial charge in [-0.1, -0.05) is 23.4 Å². The van der Waals surface area contributed by atoms with Gasteiger partial charge in [-0.25, -0.2) is 9.37 Å². The van der Waals surface area contributed by atoms with Gasteiger partial charge in [0.2, 0.25) is 0 Å². The van der Waals surface area contributed by atoms with Crippen LogP contribution in [0.25, 0.3) is 11.0 Å². The lowest BCUT2D eigenvalue weighted by Gasteiger charge is -2.00. The van der Waals surface area contributed by atoms with E-state index in [4.69, 9.17) is 16.7 Å². The molecule has 0 bridgehead atoms. The molecule has 0 radical (unpaired) electrons. The Morgan fingerprint density at radius 2 is 2.35 bits per heavy atom. The number of fused-ring (bicyclic) bond motifs is 1. The molecule has 2 aromatic rings. The Morgan fingerprint density at radius 3 is 3.00 bits per heavy atom. The third-order valence-electron chi connectivity index (χ3n) is 2.21. The van der Waals surface area contributed by atoms with Crippen LogP contribution in [-0.4, -0.2) is 26.4 Å². The van der Waals surface area contributed by atoms with Crippen LogP contribution in [0.2, 0.25) is 5.02 Å². The van der Waals surface area contributed by atoms with Crippen LogP contribution in [0, 0.1) is 5.82 Å². The summed E-state index contributed by atoms with van der Waals surface area (Å²) in [5.74, 6) is -1.55. The van der Waals surface area contributed by atoms with E-state index in [9.17, 15) is 9.18 Å². The Bertz CT molecular complexity index is 599. The maximum Gasteiger partial charge on any atom is 0.313 e. The highest BCUT2D eigenvalue weighted by atomic mass is 35.5. The third-order valence-corrected chi connectivity index (χ3v) is 3.51. The summed E-state index contributed by atoms with van der Waals surface area (Å²) < 4.78 is 14.9. The Kier molecular flexibility index (Phi) is 3.26. The Balaban J connectivity index is 2.45. The first-order valence-electron chi connectivity index (χ1n) is 4.65. The Hall–Kier alpha value is -1.27. The van der Waals surface area contributed by atoms with E-state index in [-0.39, 0.29) is 10.8 Å². The fourth-order valence-electron chi connectivity index (χ4n) is 1.42. The molecule has 1 aromatic heterocycles. The van der Waals surface area contributed by atoms with Gasteiger partial charge in [-0.3, -0.25) is 4.79 Å². The number of rotatable bonds is 3. The quantitative estimate of drug-likeness (QED) is 0.874. The molecule has 1 N–H and O–H groups in total. The van der Waals surface area contributed by atoms with Crippen molar-refractivity contribution in [2.24, 2.45) is 7.05 Å². The second kappa shape index (κ2) is 4.54. The molecule has 0 aliphatic rings. The lowest BCUT2D eigenvalue weighted by molar-refractivity contribution is -0.133. The van der Waals surface area contributed by atoms with Crippen molar-refractivity contribution in [1.82, 2.24) is 9.55 Å². The van der Waals surface area contributed by atoms with Gasteiger partial charge in [-0.15, -0.1) is 0 Å². The van der Waals surface area contributed by atoms with Gasteiger partial charge in [0.25, 0.3) is 0 Å². The highest BCUT2D eigenvalue weighted by molar-refractivity contribution is 7.99. The molecule has 4 nitrogen and oxygen atoms in total. The van der Waals surface area contributed by atoms with Gasteiger partial charge in [0, 0.05) is 13.1 Å². The van der Waals surface area contributed by atoms with Crippen molar-refractivity contribution >= 4 is 40.4 Å². The second-order valence-electron chi connectivity index (χ2n) is 3.39. The number of thioether (sulfide) groups is 1. The second-order valence-corrected chi connectivity index (χ2v) is 4.74. The molecule has 0 aliphatic carbocycles. The van der Waals surface area contributed by atoms with Gasteiger partial charge >= 0.3 is 5.97 Å². The van der Waals surface area contributed by atoms with Crippen LogP contribution in [0.4, 0.5) is 4.39 Å². The number of carboxylic acid groups (broad SMARTS) is 1. The number of hydrogen-bond donors (Lipinski definition) is 1. The molecule has 0 spiro atoms. The summed E-state index contributed by atoms with van der Waals surface area (Å²) in [7, 11) is 1.73. The zero-order valence-electron chi connectivity index (χ0n) is 8.78. The molecule has 1 aromatic carbocycles. The van der Waals surface area contributed by atoms with Crippen molar-refractivity contribution < 1.29 is 14.3 Å². The molecule has 2 rings (SSSR count). The molecule has 0 saturated heterocycles. The van der Waals surface area contributed by atoms with Crippen LogP contribution >= 0.6 is 23.4 Å². The van der Waals surface area contributed by atoms with Crippen molar-refractivity contribution in [3.63, 3.8) is 0 Å². The van der Waals surface area contributed by atoms with E-state index in [1.807, 2.05) is 0 Å². The number of halogens is 2. The molecule has 0 atom stereocenters. The number of nitrogens with zero attached hydrogens (tertiary/aromatic N) is 2. The van der Waals surface area contributed by atoms with Gasteiger partial charge in [-0.05, 0) is 6.07 Å². The van der Waals surface area contributed by atoms with Crippen LogP contribution in [0.1, 0.15) is 0 Å². The number of benzene rings is 1. The predicted octanol–water partition coefficient (Wildman–Crippen LogP) is 2.54. The monoisotopic (exact) mass is 274 g/mol. The summed E-state index contributed by atoms with van der Waals surface area (Å²) in [4.78, 5) is 14.6. The highest BCUT2D eigenvalue weighted by Crippen LogP contribution is 2.26. The minimum absolute atomic E-state index is 0.0234. The average molecular weight is 275 g/mol. The smallest absolute Gasteiger partial charge is 0.313 e. The molecule has 7 heteroatoms. The molecule has 90 valence electrons. The number of imidazole rings is 1. The maximum atomic E-state index is 13.2. The van der Waals surface area contributed by atoms with Crippen LogP contribution in [0.5, 0.6) is 0 Å². The Labute approximate surface area is 105 Å². The topological polar surface area (TPSA) is 55.1 Å². The predicted molar refractivity (Wildman–Crippen MR) is 64.0 cm³/mol. The van der Waals surface area contributed by atoms with Gasteiger partial charge in [0.15, 0.2) is 5.16 Å². The summed E-state index contributed by atoms with van der Waals surface area (Å²) in [6.45, 7) is 0. The summed E-state index contributed by atoms with van der Waals surface area (Å²) in [5, 5.41) is 9.13. The molecule has 0 saturated carbocycles. The minimum atomic E-state index is -0.925. The summed E-state index contributed by atoms with van der Waals surface area (Å²) >= 11 is 6.76. The summed E-state index contributed by atoms with van der Waals surface area (Å²) in [6.07, 6.45) is 0. The number of aromatic nitrogens is 2. The van der Waals surface area contributed by atoms with E-state index in [1.165, 1.54) is 12.1 Å². The molecule has 0 fully saturated rings. The average Bonchev–Trinajstić information content (AvgIpc) is 2.54. The van der Waals surface area contributed by atoms with Gasteiger partial charge < -0.3 is 9.67 Å². The largest absolute Gasteiger partial charge is 0.481 e. The molecular formula is C10H8ClFN2O2S. The first-order valence-corrected chi connectivity index (χ1v) is 6.01. The van der Waals surface area contributed by atoms with Crippen molar-refractivity contribution in [3.05, 3.63) is 23.0 Å². The van der Waals surface area contributed by atoms with E-state index in [0.29, 0.717) is 16.2 Å². The van der Waals surface area contributed by atoms with Crippen molar-refractivity contribution in [3.8, 4) is 0 Å². The minimum Gasteiger partial charge on any atom is -0.481 e. The SMILES string of the molecule is Cn1c(SCC(=O)O)nc2cc(F)c(Cl)cc21. The molecule has 0 amide bonds. The highest BCUT2D eigenvalue weighted by Gasteiger charge is 2.12. The number of carboxylic acids is 1. The van der Waals surface area contributed by atoms with Crippen LogP contribution in [-0.2, 0) is 11.8 Å². The molecular weight excluding hydrogens is 267 g/mol. The molecule has 17 heavy (non-hydrogen) atoms. The first kappa shape index (κ1) is 12.2. The van der Waals surface area contributed by atoms with Crippen LogP contribution in [0.15, 0.2) is 17.3 Å². The standard InChI is InChI=1S/C10H8ClFN2O2S/c1-14-8-2-5(11)6(12)3-7(8)13-10(14)17-4-9(15)16/h2-3H,4H2,1H3,(H,15,16).